The third-order valence-corrected chi connectivity index (χ3v) is 3.60. The van der Waals surface area contributed by atoms with Gasteiger partial charge < -0.3 is 16.8 Å². The number of primary amides is 1. The maximum atomic E-state index is 10.8. The van der Waals surface area contributed by atoms with Gasteiger partial charge in [0.25, 0.3) is 0 Å². The second-order valence-corrected chi connectivity index (χ2v) is 5.06. The molecule has 6 heteroatoms. The highest BCUT2D eigenvalue weighted by molar-refractivity contribution is 7.11. The monoisotopic (exact) mass is 242 g/mol. The number of aryl methyl sites for hydroxylation is 2. The highest BCUT2D eigenvalue weighted by atomic mass is 32.1. The van der Waals surface area contributed by atoms with Gasteiger partial charge >= 0.3 is 0 Å². The Labute approximate surface area is 99.2 Å². The summed E-state index contributed by atoms with van der Waals surface area (Å²) in [5, 5.41) is 4.22. The molecule has 2 unspecified atom stereocenters. The van der Waals surface area contributed by atoms with Crippen LogP contribution in [0.2, 0.25) is 0 Å². The van der Waals surface area contributed by atoms with Crippen LogP contribution in [0.3, 0.4) is 0 Å². The van der Waals surface area contributed by atoms with E-state index in [1.165, 1.54) is 4.88 Å². The van der Waals surface area contributed by atoms with E-state index in [0.717, 1.165) is 10.7 Å². The van der Waals surface area contributed by atoms with Gasteiger partial charge in [-0.15, -0.1) is 11.3 Å². The average Bonchev–Trinajstić information content (AvgIpc) is 2.53. The summed E-state index contributed by atoms with van der Waals surface area (Å²) in [4.78, 5) is 16.3. The first-order valence-corrected chi connectivity index (χ1v) is 5.95. The van der Waals surface area contributed by atoms with Crippen molar-refractivity contribution >= 4 is 17.2 Å². The standard InChI is InChI=1S/C10H18N4OS/c1-5(13-4-8(11)10(12)15)9-6(2)14-7(3)16-9/h5,8,13H,4,11H2,1-3H3,(H2,12,15). The van der Waals surface area contributed by atoms with Gasteiger partial charge in [-0.05, 0) is 20.8 Å². The van der Waals surface area contributed by atoms with Crippen LogP contribution < -0.4 is 16.8 Å². The van der Waals surface area contributed by atoms with Gasteiger partial charge in [-0.25, -0.2) is 4.98 Å². The van der Waals surface area contributed by atoms with E-state index < -0.39 is 11.9 Å². The molecule has 0 aromatic carbocycles. The van der Waals surface area contributed by atoms with Gasteiger partial charge in [0.05, 0.1) is 16.7 Å². The van der Waals surface area contributed by atoms with Crippen molar-refractivity contribution in [2.75, 3.05) is 6.54 Å². The third-order valence-electron chi connectivity index (χ3n) is 2.34. The normalized spacial score (nSPS) is 14.8. The Kier molecular flexibility index (Phi) is 4.40. The molecule has 1 rings (SSSR count). The molecule has 5 N–H and O–H groups in total. The molecule has 1 aromatic heterocycles. The van der Waals surface area contributed by atoms with Gasteiger partial charge in [0.1, 0.15) is 0 Å². The van der Waals surface area contributed by atoms with Gasteiger partial charge in [0.2, 0.25) is 5.91 Å². The number of hydrogen-bond acceptors (Lipinski definition) is 5. The highest BCUT2D eigenvalue weighted by Gasteiger charge is 2.15. The zero-order valence-electron chi connectivity index (χ0n) is 9.78. The lowest BCUT2D eigenvalue weighted by Crippen LogP contribution is -2.44. The molecule has 0 radical (unpaired) electrons. The number of nitrogens with two attached hydrogens (primary N) is 2. The number of aromatic nitrogens is 1. The first-order valence-electron chi connectivity index (χ1n) is 5.14. The second kappa shape index (κ2) is 5.38. The van der Waals surface area contributed by atoms with Crippen molar-refractivity contribution < 1.29 is 4.79 Å². The molecule has 0 aliphatic heterocycles. The van der Waals surface area contributed by atoms with Gasteiger partial charge in [-0.3, -0.25) is 4.79 Å². The topological polar surface area (TPSA) is 94.0 Å². The van der Waals surface area contributed by atoms with E-state index in [2.05, 4.69) is 10.3 Å². The van der Waals surface area contributed by atoms with Crippen molar-refractivity contribution in [1.29, 1.82) is 0 Å². The van der Waals surface area contributed by atoms with Crippen molar-refractivity contribution in [3.8, 4) is 0 Å². The van der Waals surface area contributed by atoms with Gasteiger partial charge in [0.15, 0.2) is 0 Å². The minimum Gasteiger partial charge on any atom is -0.368 e. The lowest BCUT2D eigenvalue weighted by molar-refractivity contribution is -0.119. The van der Waals surface area contributed by atoms with Crippen LogP contribution in [0.5, 0.6) is 0 Å². The summed E-state index contributed by atoms with van der Waals surface area (Å²) in [5.41, 5.74) is 11.6. The van der Waals surface area contributed by atoms with Crippen LogP contribution in [-0.4, -0.2) is 23.5 Å². The van der Waals surface area contributed by atoms with Crippen molar-refractivity contribution in [3.63, 3.8) is 0 Å². The fourth-order valence-corrected chi connectivity index (χ4v) is 2.40. The van der Waals surface area contributed by atoms with Crippen LogP contribution in [0.1, 0.15) is 28.5 Å². The fraction of sp³-hybridized carbons (Fsp3) is 0.600. The zero-order chi connectivity index (χ0) is 12.3. The summed E-state index contributed by atoms with van der Waals surface area (Å²) in [6.07, 6.45) is 0. The summed E-state index contributed by atoms with van der Waals surface area (Å²) in [6.45, 7) is 6.36. The zero-order valence-corrected chi connectivity index (χ0v) is 10.6. The molecule has 1 aromatic rings. The van der Waals surface area contributed by atoms with Crippen LogP contribution >= 0.6 is 11.3 Å². The van der Waals surface area contributed by atoms with Crippen molar-refractivity contribution in [2.45, 2.75) is 32.9 Å². The summed E-state index contributed by atoms with van der Waals surface area (Å²) in [6, 6.07) is -0.506. The molecule has 90 valence electrons. The predicted molar refractivity (Wildman–Crippen MR) is 65.2 cm³/mol. The maximum absolute atomic E-state index is 10.8. The van der Waals surface area contributed by atoms with Crippen LogP contribution in [0, 0.1) is 13.8 Å². The molecule has 0 bridgehead atoms. The van der Waals surface area contributed by atoms with Crippen LogP contribution in [0.15, 0.2) is 0 Å². The second-order valence-electron chi connectivity index (χ2n) is 3.82. The number of hydrogen-bond donors (Lipinski definition) is 3. The first-order chi connectivity index (χ1) is 7.41. The molecule has 2 atom stereocenters. The Morgan fingerprint density at radius 3 is 2.62 bits per heavy atom. The summed E-state index contributed by atoms with van der Waals surface area (Å²) < 4.78 is 0. The molecule has 0 saturated carbocycles. The Hall–Kier alpha value is -0.980. The van der Waals surface area contributed by atoms with E-state index in [4.69, 9.17) is 11.5 Å². The predicted octanol–water partition coefficient (Wildman–Crippen LogP) is 0.223. The Morgan fingerprint density at radius 2 is 2.19 bits per heavy atom. The lowest BCUT2D eigenvalue weighted by Gasteiger charge is -2.15. The average molecular weight is 242 g/mol. The number of nitrogens with zero attached hydrogens (tertiary/aromatic N) is 1. The van der Waals surface area contributed by atoms with Crippen LogP contribution in [0.4, 0.5) is 0 Å². The molecular formula is C10H18N4OS. The smallest absolute Gasteiger partial charge is 0.235 e. The van der Waals surface area contributed by atoms with Crippen molar-refractivity contribution in [3.05, 3.63) is 15.6 Å². The van der Waals surface area contributed by atoms with Crippen LogP contribution in [-0.2, 0) is 4.79 Å². The van der Waals surface area contributed by atoms with E-state index in [1.54, 1.807) is 11.3 Å². The SMILES string of the molecule is Cc1nc(C)c(C(C)NCC(N)C(N)=O)s1. The lowest BCUT2D eigenvalue weighted by atomic mass is 10.2. The number of rotatable bonds is 5. The molecule has 0 spiro atoms. The van der Waals surface area contributed by atoms with Crippen molar-refractivity contribution in [1.82, 2.24) is 10.3 Å². The quantitative estimate of drug-likeness (QED) is 0.688. The number of carbonyl (C=O) groups excluding carboxylic acids is 1. The minimum absolute atomic E-state index is 0.136. The first kappa shape index (κ1) is 13.1. The van der Waals surface area contributed by atoms with Crippen LogP contribution in [0.25, 0.3) is 0 Å². The number of amides is 1. The molecule has 0 aliphatic rings. The van der Waals surface area contributed by atoms with Gasteiger partial charge in [-0.1, -0.05) is 0 Å². The number of carbonyl (C=O) groups is 1. The largest absolute Gasteiger partial charge is 0.368 e. The van der Waals surface area contributed by atoms with E-state index in [1.807, 2.05) is 20.8 Å². The fourth-order valence-electron chi connectivity index (χ4n) is 1.45. The molecular weight excluding hydrogens is 224 g/mol. The summed E-state index contributed by atoms with van der Waals surface area (Å²) in [5.74, 6) is -0.489. The Morgan fingerprint density at radius 1 is 1.56 bits per heavy atom. The van der Waals surface area contributed by atoms with E-state index in [0.29, 0.717) is 6.54 Å². The molecule has 1 heterocycles. The summed E-state index contributed by atoms with van der Waals surface area (Å²) in [7, 11) is 0. The van der Waals surface area contributed by atoms with Gasteiger partial charge in [-0.2, -0.15) is 0 Å². The molecule has 16 heavy (non-hydrogen) atoms. The van der Waals surface area contributed by atoms with Crippen molar-refractivity contribution in [2.24, 2.45) is 11.5 Å². The Balaban J connectivity index is 2.56. The number of thiazole rings is 1. The molecule has 0 saturated heterocycles. The van der Waals surface area contributed by atoms with E-state index >= 15 is 0 Å². The Bertz CT molecular complexity index is 377. The third kappa shape index (κ3) is 3.26. The van der Waals surface area contributed by atoms with Gasteiger partial charge in [0, 0.05) is 17.5 Å². The highest BCUT2D eigenvalue weighted by Crippen LogP contribution is 2.24. The molecule has 5 nitrogen and oxygen atoms in total. The van der Waals surface area contributed by atoms with E-state index in [-0.39, 0.29) is 6.04 Å². The minimum atomic E-state index is -0.642. The summed E-state index contributed by atoms with van der Waals surface area (Å²) >= 11 is 1.65. The van der Waals surface area contributed by atoms with E-state index in [9.17, 15) is 4.79 Å². The molecule has 0 aliphatic carbocycles. The number of nitrogens with one attached hydrogen (secondary N) is 1. The molecule has 1 amide bonds. The maximum Gasteiger partial charge on any atom is 0.235 e. The molecule has 0 fully saturated rings.